The molecule has 0 bridgehead atoms. The number of aliphatic hydroxyl groups is 1. The molecule has 0 rings (SSSR count). The molecule has 0 aliphatic heterocycles. The highest BCUT2D eigenvalue weighted by atomic mass is 127. The lowest BCUT2D eigenvalue weighted by Crippen LogP contribution is -2.33. The molecule has 122 valence electrons. The van der Waals surface area contributed by atoms with Crippen LogP contribution in [0.2, 0.25) is 0 Å². The summed E-state index contributed by atoms with van der Waals surface area (Å²) in [5.74, 6) is 1.52. The SMILES string of the molecule is CCOCCCNC(N)=NCC(CCO)CC(C)C.I. The zero-order chi connectivity index (χ0) is 14.5. The van der Waals surface area contributed by atoms with E-state index in [2.05, 4.69) is 24.2 Å². The Morgan fingerprint density at radius 1 is 1.40 bits per heavy atom. The maximum atomic E-state index is 9.03. The average Bonchev–Trinajstić information content (AvgIpc) is 2.35. The molecule has 0 radical (unpaired) electrons. The van der Waals surface area contributed by atoms with Gasteiger partial charge in [0, 0.05) is 32.9 Å². The summed E-state index contributed by atoms with van der Waals surface area (Å²) in [7, 11) is 0. The minimum absolute atomic E-state index is 0. The summed E-state index contributed by atoms with van der Waals surface area (Å²) in [5.41, 5.74) is 5.80. The van der Waals surface area contributed by atoms with Gasteiger partial charge < -0.3 is 20.9 Å². The first-order valence-electron chi connectivity index (χ1n) is 7.32. The summed E-state index contributed by atoms with van der Waals surface area (Å²) >= 11 is 0. The molecule has 1 unspecified atom stereocenters. The Morgan fingerprint density at radius 3 is 2.65 bits per heavy atom. The Labute approximate surface area is 140 Å². The molecular weight excluding hydrogens is 369 g/mol. The fraction of sp³-hybridized carbons (Fsp3) is 0.929. The third-order valence-corrected chi connectivity index (χ3v) is 2.84. The fourth-order valence-corrected chi connectivity index (χ4v) is 1.95. The molecule has 4 N–H and O–H groups in total. The lowest BCUT2D eigenvalue weighted by Gasteiger charge is -2.16. The minimum atomic E-state index is 0. The smallest absolute Gasteiger partial charge is 0.188 e. The normalized spacial score (nSPS) is 13.2. The zero-order valence-electron chi connectivity index (χ0n) is 13.1. The molecule has 0 saturated heterocycles. The third-order valence-electron chi connectivity index (χ3n) is 2.84. The first kappa shape index (κ1) is 22.2. The summed E-state index contributed by atoms with van der Waals surface area (Å²) in [5, 5.41) is 12.1. The molecule has 0 spiro atoms. The zero-order valence-corrected chi connectivity index (χ0v) is 15.4. The Morgan fingerprint density at radius 2 is 2.10 bits per heavy atom. The Hall–Kier alpha value is -0.0800. The molecule has 1 atom stereocenters. The van der Waals surface area contributed by atoms with E-state index < -0.39 is 0 Å². The van der Waals surface area contributed by atoms with Crippen LogP contribution in [0.15, 0.2) is 4.99 Å². The predicted octanol–water partition coefficient (Wildman–Crippen LogP) is 1.98. The van der Waals surface area contributed by atoms with E-state index in [0.717, 1.165) is 39.0 Å². The topological polar surface area (TPSA) is 79.9 Å². The van der Waals surface area contributed by atoms with Crippen molar-refractivity contribution in [1.29, 1.82) is 0 Å². The van der Waals surface area contributed by atoms with Gasteiger partial charge in [0.05, 0.1) is 0 Å². The van der Waals surface area contributed by atoms with Gasteiger partial charge in [-0.25, -0.2) is 0 Å². The molecule has 0 aliphatic carbocycles. The van der Waals surface area contributed by atoms with Crippen molar-refractivity contribution in [3.05, 3.63) is 0 Å². The van der Waals surface area contributed by atoms with Gasteiger partial charge in [-0.3, -0.25) is 4.99 Å². The highest BCUT2D eigenvalue weighted by Gasteiger charge is 2.10. The average molecular weight is 401 g/mol. The first-order valence-corrected chi connectivity index (χ1v) is 7.32. The van der Waals surface area contributed by atoms with E-state index in [1.54, 1.807) is 0 Å². The lowest BCUT2D eigenvalue weighted by molar-refractivity contribution is 0.145. The molecule has 5 nitrogen and oxygen atoms in total. The van der Waals surface area contributed by atoms with Crippen molar-refractivity contribution >= 4 is 29.9 Å². The third kappa shape index (κ3) is 14.3. The molecule has 0 aromatic heterocycles. The monoisotopic (exact) mass is 401 g/mol. The van der Waals surface area contributed by atoms with E-state index in [1.165, 1.54) is 0 Å². The van der Waals surface area contributed by atoms with Gasteiger partial charge in [0.15, 0.2) is 5.96 Å². The van der Waals surface area contributed by atoms with Crippen LogP contribution in [0.3, 0.4) is 0 Å². The van der Waals surface area contributed by atoms with Crippen molar-refractivity contribution in [1.82, 2.24) is 5.32 Å². The van der Waals surface area contributed by atoms with Gasteiger partial charge in [-0.15, -0.1) is 24.0 Å². The van der Waals surface area contributed by atoms with E-state index in [9.17, 15) is 0 Å². The predicted molar refractivity (Wildman–Crippen MR) is 95.7 cm³/mol. The van der Waals surface area contributed by atoms with Gasteiger partial charge in [-0.2, -0.15) is 0 Å². The summed E-state index contributed by atoms with van der Waals surface area (Å²) < 4.78 is 5.24. The van der Waals surface area contributed by atoms with Crippen LogP contribution in [0.5, 0.6) is 0 Å². The van der Waals surface area contributed by atoms with Crippen LogP contribution >= 0.6 is 24.0 Å². The largest absolute Gasteiger partial charge is 0.396 e. The number of aliphatic imine (C=N–C) groups is 1. The van der Waals surface area contributed by atoms with Crippen LogP contribution in [0.4, 0.5) is 0 Å². The number of nitrogens with two attached hydrogens (primary N) is 1. The fourth-order valence-electron chi connectivity index (χ4n) is 1.95. The molecular formula is C14H32IN3O2. The molecule has 20 heavy (non-hydrogen) atoms. The van der Waals surface area contributed by atoms with Crippen LogP contribution < -0.4 is 11.1 Å². The molecule has 0 amide bonds. The molecule has 0 saturated carbocycles. The maximum absolute atomic E-state index is 9.03. The van der Waals surface area contributed by atoms with Crippen LogP contribution in [0.25, 0.3) is 0 Å². The summed E-state index contributed by atoms with van der Waals surface area (Å²) in [6.45, 7) is 9.53. The van der Waals surface area contributed by atoms with Crippen LogP contribution in [0.1, 0.15) is 40.0 Å². The van der Waals surface area contributed by atoms with Gasteiger partial charge in [-0.1, -0.05) is 13.8 Å². The highest BCUT2D eigenvalue weighted by Crippen LogP contribution is 2.15. The van der Waals surface area contributed by atoms with Crippen molar-refractivity contribution in [3.63, 3.8) is 0 Å². The number of hydrogen-bond acceptors (Lipinski definition) is 3. The minimum Gasteiger partial charge on any atom is -0.396 e. The number of guanidine groups is 1. The van der Waals surface area contributed by atoms with Crippen molar-refractivity contribution < 1.29 is 9.84 Å². The van der Waals surface area contributed by atoms with Crippen LogP contribution in [-0.4, -0.2) is 44.0 Å². The van der Waals surface area contributed by atoms with E-state index in [1.807, 2.05) is 6.92 Å². The molecule has 0 aliphatic rings. The molecule has 0 aromatic carbocycles. The second kappa shape index (κ2) is 15.3. The molecule has 6 heteroatoms. The standard InChI is InChI=1S/C14H31N3O2.HI/c1-4-19-9-5-7-16-14(15)17-11-13(6-8-18)10-12(2)3;/h12-13,18H,4-11H2,1-3H3,(H3,15,16,17);1H. The number of halogens is 1. The number of ether oxygens (including phenoxy) is 1. The van der Waals surface area contributed by atoms with Crippen molar-refractivity contribution in [3.8, 4) is 0 Å². The lowest BCUT2D eigenvalue weighted by atomic mass is 9.94. The summed E-state index contributed by atoms with van der Waals surface area (Å²) in [6.07, 6.45) is 2.79. The van der Waals surface area contributed by atoms with E-state index in [4.69, 9.17) is 15.6 Å². The Kier molecular flexibility index (Phi) is 17.0. The summed E-state index contributed by atoms with van der Waals surface area (Å²) in [6, 6.07) is 0. The van der Waals surface area contributed by atoms with E-state index in [0.29, 0.717) is 24.3 Å². The molecule has 0 aromatic rings. The van der Waals surface area contributed by atoms with Crippen LogP contribution in [0, 0.1) is 11.8 Å². The highest BCUT2D eigenvalue weighted by molar-refractivity contribution is 14.0. The number of rotatable bonds is 11. The number of hydrogen-bond donors (Lipinski definition) is 3. The first-order chi connectivity index (χ1) is 9.10. The number of aliphatic hydroxyl groups excluding tert-OH is 1. The van der Waals surface area contributed by atoms with Crippen molar-refractivity contribution in [2.45, 2.75) is 40.0 Å². The Balaban J connectivity index is 0. The van der Waals surface area contributed by atoms with Crippen LogP contribution in [-0.2, 0) is 4.74 Å². The van der Waals surface area contributed by atoms with E-state index in [-0.39, 0.29) is 30.6 Å². The quantitative estimate of drug-likeness (QED) is 0.214. The van der Waals surface area contributed by atoms with Crippen molar-refractivity contribution in [2.75, 3.05) is 32.9 Å². The Bertz CT molecular complexity index is 238. The van der Waals surface area contributed by atoms with Gasteiger partial charge in [0.25, 0.3) is 0 Å². The summed E-state index contributed by atoms with van der Waals surface area (Å²) in [4.78, 5) is 4.35. The number of nitrogens with one attached hydrogen (secondary N) is 1. The van der Waals surface area contributed by atoms with Gasteiger partial charge in [0.2, 0.25) is 0 Å². The maximum Gasteiger partial charge on any atom is 0.188 e. The van der Waals surface area contributed by atoms with Crippen molar-refractivity contribution in [2.24, 2.45) is 22.6 Å². The van der Waals surface area contributed by atoms with Gasteiger partial charge >= 0.3 is 0 Å². The van der Waals surface area contributed by atoms with Gasteiger partial charge in [0.1, 0.15) is 0 Å². The second-order valence-electron chi connectivity index (χ2n) is 5.21. The molecule has 0 fully saturated rings. The van der Waals surface area contributed by atoms with Gasteiger partial charge in [-0.05, 0) is 38.0 Å². The number of nitrogens with zero attached hydrogens (tertiary/aromatic N) is 1. The van der Waals surface area contributed by atoms with E-state index >= 15 is 0 Å². The molecule has 0 heterocycles. The second-order valence-corrected chi connectivity index (χ2v) is 5.21.